The van der Waals surface area contributed by atoms with Crippen LogP contribution >= 0.6 is 0 Å². The Kier molecular flexibility index (Phi) is 11.0. The van der Waals surface area contributed by atoms with Gasteiger partial charge in [-0.2, -0.15) is 5.26 Å². The molecule has 2 aliphatic rings. The van der Waals surface area contributed by atoms with E-state index in [1.165, 1.54) is 13.3 Å². The molecule has 1 amide bonds. The zero-order valence-corrected chi connectivity index (χ0v) is 15.5. The van der Waals surface area contributed by atoms with Gasteiger partial charge in [-0.05, 0) is 45.6 Å². The highest BCUT2D eigenvalue weighted by Crippen LogP contribution is 2.40. The first-order valence-corrected chi connectivity index (χ1v) is 9.05. The molecule has 7 heteroatoms. The Labute approximate surface area is 150 Å². The van der Waals surface area contributed by atoms with Crippen molar-refractivity contribution in [2.24, 2.45) is 11.1 Å². The van der Waals surface area contributed by atoms with Gasteiger partial charge in [0, 0.05) is 13.5 Å². The number of carbonyl (C=O) groups excluding carboxylic acids is 2. The fourth-order valence-electron chi connectivity index (χ4n) is 3.62. The Hall–Kier alpha value is -1.68. The minimum absolute atomic E-state index is 0. The lowest BCUT2D eigenvalue weighted by molar-refractivity contribution is -0.158. The van der Waals surface area contributed by atoms with E-state index in [1.807, 2.05) is 6.92 Å². The number of esters is 1. The molecule has 25 heavy (non-hydrogen) atoms. The monoisotopic (exact) mass is 357 g/mol. The van der Waals surface area contributed by atoms with Crippen LogP contribution in [0.5, 0.6) is 0 Å². The first-order valence-electron chi connectivity index (χ1n) is 9.05. The SMILES string of the molecule is CC(=O)N1CCC[C@H]1C#N.CCOC(=O)C1(CCN)CCCCC1.F. The zero-order valence-electron chi connectivity index (χ0n) is 15.5. The molecule has 1 saturated heterocycles. The molecule has 0 radical (unpaired) electrons. The van der Waals surface area contributed by atoms with Gasteiger partial charge in [-0.15, -0.1) is 0 Å². The summed E-state index contributed by atoms with van der Waals surface area (Å²) in [5, 5.41) is 8.54. The number of halogens is 1. The topological polar surface area (TPSA) is 96.4 Å². The van der Waals surface area contributed by atoms with Gasteiger partial charge in [0.15, 0.2) is 0 Å². The van der Waals surface area contributed by atoms with Crippen LogP contribution in [0.3, 0.4) is 0 Å². The number of nitrogens with zero attached hydrogens (tertiary/aromatic N) is 2. The molecule has 0 aromatic carbocycles. The van der Waals surface area contributed by atoms with E-state index in [-0.39, 0.29) is 28.0 Å². The Morgan fingerprint density at radius 1 is 1.28 bits per heavy atom. The van der Waals surface area contributed by atoms with Gasteiger partial charge in [0.1, 0.15) is 6.04 Å². The molecule has 2 rings (SSSR count). The molecule has 0 unspecified atom stereocenters. The lowest BCUT2D eigenvalue weighted by Gasteiger charge is -2.34. The number of hydrogen-bond acceptors (Lipinski definition) is 5. The second kappa shape index (κ2) is 11.8. The van der Waals surface area contributed by atoms with Gasteiger partial charge in [-0.1, -0.05) is 19.3 Å². The van der Waals surface area contributed by atoms with Crippen LogP contribution in [-0.2, 0) is 14.3 Å². The fraction of sp³-hybridized carbons (Fsp3) is 0.833. The van der Waals surface area contributed by atoms with Crippen LogP contribution in [0.15, 0.2) is 0 Å². The first-order chi connectivity index (χ1) is 11.5. The number of ether oxygens (including phenoxy) is 1. The Morgan fingerprint density at radius 3 is 2.36 bits per heavy atom. The van der Waals surface area contributed by atoms with Gasteiger partial charge in [-0.25, -0.2) is 0 Å². The summed E-state index contributed by atoms with van der Waals surface area (Å²) >= 11 is 0. The van der Waals surface area contributed by atoms with Crippen molar-refractivity contribution in [3.63, 3.8) is 0 Å². The summed E-state index contributed by atoms with van der Waals surface area (Å²) in [7, 11) is 0. The minimum atomic E-state index is -0.247. The predicted octanol–water partition coefficient (Wildman–Crippen LogP) is 2.52. The highest BCUT2D eigenvalue weighted by molar-refractivity contribution is 5.77. The average molecular weight is 357 g/mol. The number of nitriles is 1. The van der Waals surface area contributed by atoms with E-state index in [0.29, 0.717) is 13.2 Å². The fourth-order valence-corrected chi connectivity index (χ4v) is 3.62. The third kappa shape index (κ3) is 6.62. The molecular formula is C18H32FN3O3. The van der Waals surface area contributed by atoms with Crippen molar-refractivity contribution in [2.45, 2.75) is 71.3 Å². The normalized spacial score (nSPS) is 21.2. The molecule has 6 nitrogen and oxygen atoms in total. The molecule has 0 aromatic heterocycles. The summed E-state index contributed by atoms with van der Waals surface area (Å²) in [6.45, 7) is 5.18. The van der Waals surface area contributed by atoms with E-state index >= 15 is 0 Å². The number of hydrogen-bond donors (Lipinski definition) is 1. The van der Waals surface area contributed by atoms with Crippen molar-refractivity contribution in [3.8, 4) is 6.07 Å². The number of carbonyl (C=O) groups is 2. The van der Waals surface area contributed by atoms with Crippen molar-refractivity contribution >= 4 is 11.9 Å². The quantitative estimate of drug-likeness (QED) is 0.780. The molecule has 1 atom stereocenters. The van der Waals surface area contributed by atoms with Crippen molar-refractivity contribution in [1.29, 1.82) is 5.26 Å². The number of amides is 1. The third-order valence-electron chi connectivity index (χ3n) is 4.95. The van der Waals surface area contributed by atoms with E-state index in [0.717, 1.165) is 51.5 Å². The van der Waals surface area contributed by atoms with Crippen molar-refractivity contribution < 1.29 is 19.0 Å². The average Bonchev–Trinajstić information content (AvgIpc) is 3.06. The molecule has 1 saturated carbocycles. The molecule has 144 valence electrons. The lowest BCUT2D eigenvalue weighted by Crippen LogP contribution is -2.37. The maximum Gasteiger partial charge on any atom is 0.312 e. The van der Waals surface area contributed by atoms with Crippen LogP contribution in [0.4, 0.5) is 4.70 Å². The Morgan fingerprint density at radius 2 is 1.92 bits per heavy atom. The van der Waals surface area contributed by atoms with E-state index in [4.69, 9.17) is 15.7 Å². The summed E-state index contributed by atoms with van der Waals surface area (Å²) in [6, 6.07) is 1.95. The Balaban J connectivity index is 0.000000465. The summed E-state index contributed by atoms with van der Waals surface area (Å²) in [5.41, 5.74) is 5.32. The van der Waals surface area contributed by atoms with E-state index < -0.39 is 0 Å². The highest BCUT2D eigenvalue weighted by atomic mass is 19.0. The molecule has 2 fully saturated rings. The predicted molar refractivity (Wildman–Crippen MR) is 94.3 cm³/mol. The second-order valence-corrected chi connectivity index (χ2v) is 6.60. The number of nitrogens with two attached hydrogens (primary N) is 1. The van der Waals surface area contributed by atoms with Crippen LogP contribution in [0.2, 0.25) is 0 Å². The highest BCUT2D eigenvalue weighted by Gasteiger charge is 2.39. The first kappa shape index (κ1) is 23.3. The van der Waals surface area contributed by atoms with Crippen molar-refractivity contribution in [1.82, 2.24) is 4.90 Å². The molecule has 0 aromatic rings. The summed E-state index contributed by atoms with van der Waals surface area (Å²) in [6.07, 6.45) is 8.04. The summed E-state index contributed by atoms with van der Waals surface area (Å²) < 4.78 is 5.14. The minimum Gasteiger partial charge on any atom is -0.466 e. The van der Waals surface area contributed by atoms with Gasteiger partial charge >= 0.3 is 5.97 Å². The second-order valence-electron chi connectivity index (χ2n) is 6.60. The number of likely N-dealkylation sites (tertiary alicyclic amines) is 1. The van der Waals surface area contributed by atoms with Gasteiger partial charge in [0.25, 0.3) is 0 Å². The molecular weight excluding hydrogens is 325 g/mol. The van der Waals surface area contributed by atoms with Crippen LogP contribution in [0.1, 0.15) is 65.2 Å². The van der Waals surface area contributed by atoms with Gasteiger partial charge in [0.05, 0.1) is 18.1 Å². The molecule has 1 aliphatic heterocycles. The summed E-state index contributed by atoms with van der Waals surface area (Å²) in [4.78, 5) is 24.2. The van der Waals surface area contributed by atoms with E-state index in [1.54, 1.807) is 4.90 Å². The van der Waals surface area contributed by atoms with E-state index in [9.17, 15) is 9.59 Å². The van der Waals surface area contributed by atoms with Crippen LogP contribution < -0.4 is 5.73 Å². The molecule has 1 heterocycles. The van der Waals surface area contributed by atoms with Crippen molar-refractivity contribution in [3.05, 3.63) is 0 Å². The maximum atomic E-state index is 11.8. The lowest BCUT2D eigenvalue weighted by atomic mass is 9.72. The standard InChI is InChI=1S/C11H21NO2.C7H10N2O.FH/c1-2-14-10(13)11(8-9-12)6-4-3-5-7-11;1-6(10)9-4-2-3-7(9)5-8;/h2-9,12H2,1H3;7H,2-4H2,1H3;1H/t;7-;/m.0./s1. The van der Waals surface area contributed by atoms with Crippen LogP contribution in [0.25, 0.3) is 0 Å². The molecule has 0 spiro atoms. The smallest absolute Gasteiger partial charge is 0.312 e. The summed E-state index contributed by atoms with van der Waals surface area (Å²) in [5.74, 6) is -0.00537. The molecule has 0 bridgehead atoms. The van der Waals surface area contributed by atoms with Gasteiger partial charge < -0.3 is 15.4 Å². The molecule has 2 N–H and O–H groups in total. The van der Waals surface area contributed by atoms with Crippen LogP contribution in [0, 0.1) is 16.7 Å². The maximum absolute atomic E-state index is 11.8. The van der Waals surface area contributed by atoms with E-state index in [2.05, 4.69) is 6.07 Å². The third-order valence-corrected chi connectivity index (χ3v) is 4.95. The van der Waals surface area contributed by atoms with Crippen LogP contribution in [-0.4, -0.2) is 42.5 Å². The number of rotatable bonds is 4. The largest absolute Gasteiger partial charge is 0.466 e. The zero-order chi connectivity index (χ0) is 18.0. The van der Waals surface area contributed by atoms with Gasteiger partial charge in [-0.3, -0.25) is 14.3 Å². The molecule has 1 aliphatic carbocycles. The van der Waals surface area contributed by atoms with Crippen molar-refractivity contribution in [2.75, 3.05) is 19.7 Å². The Bertz CT molecular complexity index is 453. The van der Waals surface area contributed by atoms with Gasteiger partial charge in [0.2, 0.25) is 5.91 Å².